The second kappa shape index (κ2) is 12.0. The monoisotopic (exact) mass is 534 g/mol. The largest absolute Gasteiger partial charge is 0.494 e. The Kier molecular flexibility index (Phi) is 8.30. The number of aromatic nitrogens is 2. The van der Waals surface area contributed by atoms with Crippen LogP contribution in [0.3, 0.4) is 0 Å². The van der Waals surface area contributed by atoms with Crippen molar-refractivity contribution in [2.45, 2.75) is 82.0 Å². The fourth-order valence-electron chi connectivity index (χ4n) is 5.66. The van der Waals surface area contributed by atoms with Crippen molar-refractivity contribution in [3.05, 3.63) is 43.1 Å². The Morgan fingerprint density at radius 1 is 1.18 bits per heavy atom. The molecular formula is C29H38N6O4. The number of amides is 1. The van der Waals surface area contributed by atoms with Crippen LogP contribution in [-0.4, -0.2) is 59.7 Å². The zero-order valence-electron chi connectivity index (χ0n) is 22.6. The first-order valence-corrected chi connectivity index (χ1v) is 14.0. The van der Waals surface area contributed by atoms with Gasteiger partial charge in [0.05, 0.1) is 12.8 Å². The van der Waals surface area contributed by atoms with Crippen molar-refractivity contribution in [2.75, 3.05) is 28.8 Å². The second-order valence-electron chi connectivity index (χ2n) is 10.6. The van der Waals surface area contributed by atoms with E-state index in [1.807, 2.05) is 24.3 Å². The number of nitrogens with two attached hydrogens (primary N) is 1. The van der Waals surface area contributed by atoms with E-state index in [4.69, 9.17) is 20.2 Å². The van der Waals surface area contributed by atoms with E-state index in [2.05, 4.69) is 21.8 Å². The Labute approximate surface area is 229 Å². The summed E-state index contributed by atoms with van der Waals surface area (Å²) < 4.78 is 11.3. The normalized spacial score (nSPS) is 20.6. The molecule has 208 valence electrons. The Morgan fingerprint density at radius 3 is 2.56 bits per heavy atom. The highest BCUT2D eigenvalue weighted by Crippen LogP contribution is 2.39. The number of esters is 1. The molecule has 39 heavy (non-hydrogen) atoms. The quantitative estimate of drug-likeness (QED) is 0.343. The van der Waals surface area contributed by atoms with Crippen molar-refractivity contribution in [1.29, 1.82) is 0 Å². The molecule has 3 N–H and O–H groups in total. The van der Waals surface area contributed by atoms with Crippen LogP contribution in [0.4, 0.5) is 23.1 Å². The fourth-order valence-corrected chi connectivity index (χ4v) is 5.66. The lowest BCUT2D eigenvalue weighted by atomic mass is 10.1. The standard InChI is InChI=1S/C29H38N6O4/c1-3-24-27(36)34(2)25-18-31-29(33-26(25)35(24)20-8-4-5-9-20)32-19-12-14-21(15-13-19)38-17-16-23(30)28(37)39-22-10-6-7-11-22/h3,12-15,18,20,22-24H,1,4-11,16-17,30H2,2H3,(H,31,32,33)/t23?,24-/m1/s1. The van der Waals surface area contributed by atoms with Gasteiger partial charge in [0.15, 0.2) is 5.82 Å². The molecule has 0 spiro atoms. The molecule has 3 aliphatic rings. The number of hydrogen-bond acceptors (Lipinski definition) is 9. The molecule has 2 fully saturated rings. The Morgan fingerprint density at radius 2 is 1.87 bits per heavy atom. The Bertz CT molecular complexity index is 1180. The van der Waals surface area contributed by atoms with Gasteiger partial charge in [-0.25, -0.2) is 4.98 Å². The van der Waals surface area contributed by atoms with Crippen LogP contribution in [0.1, 0.15) is 57.8 Å². The van der Waals surface area contributed by atoms with E-state index in [1.54, 1.807) is 24.2 Å². The number of anilines is 4. The highest BCUT2D eigenvalue weighted by Gasteiger charge is 2.40. The Hall–Kier alpha value is -3.66. The number of carbonyl (C=O) groups excluding carboxylic acids is 2. The molecule has 2 heterocycles. The summed E-state index contributed by atoms with van der Waals surface area (Å²) in [4.78, 5) is 38.2. The van der Waals surface area contributed by atoms with Gasteiger partial charge in [0, 0.05) is 25.2 Å². The summed E-state index contributed by atoms with van der Waals surface area (Å²) in [5, 5.41) is 3.26. The lowest BCUT2D eigenvalue weighted by Crippen LogP contribution is -2.55. The van der Waals surface area contributed by atoms with Gasteiger partial charge < -0.3 is 30.3 Å². The van der Waals surface area contributed by atoms with E-state index in [0.717, 1.165) is 62.9 Å². The van der Waals surface area contributed by atoms with E-state index in [9.17, 15) is 9.59 Å². The van der Waals surface area contributed by atoms with Gasteiger partial charge in [0.25, 0.3) is 5.91 Å². The van der Waals surface area contributed by atoms with Crippen LogP contribution in [-0.2, 0) is 14.3 Å². The number of rotatable bonds is 10. The number of ether oxygens (including phenoxy) is 2. The summed E-state index contributed by atoms with van der Waals surface area (Å²) in [6.45, 7) is 4.25. The molecule has 2 aliphatic carbocycles. The lowest BCUT2D eigenvalue weighted by molar-refractivity contribution is -0.150. The van der Waals surface area contributed by atoms with Gasteiger partial charge in [-0.05, 0) is 62.8 Å². The minimum absolute atomic E-state index is 0.0150. The van der Waals surface area contributed by atoms with Crippen LogP contribution in [0.25, 0.3) is 0 Å². The van der Waals surface area contributed by atoms with E-state index in [0.29, 0.717) is 30.4 Å². The molecule has 5 rings (SSSR count). The third-order valence-electron chi connectivity index (χ3n) is 7.88. The highest BCUT2D eigenvalue weighted by atomic mass is 16.5. The molecule has 0 bridgehead atoms. The van der Waals surface area contributed by atoms with Gasteiger partial charge in [0.2, 0.25) is 5.95 Å². The molecule has 0 saturated heterocycles. The fraction of sp³-hybridized carbons (Fsp3) is 0.517. The SMILES string of the molecule is C=C[C@@H]1C(=O)N(C)c2cnc(Nc3ccc(OCCC(N)C(=O)OC4CCCC4)cc3)nc2N1C1CCCC1. The van der Waals surface area contributed by atoms with Crippen LogP contribution in [0.2, 0.25) is 0 Å². The van der Waals surface area contributed by atoms with E-state index >= 15 is 0 Å². The van der Waals surface area contributed by atoms with Crippen molar-refractivity contribution in [2.24, 2.45) is 5.73 Å². The third kappa shape index (κ3) is 6.00. The maximum atomic E-state index is 13.0. The molecule has 0 radical (unpaired) electrons. The molecule has 1 aliphatic heterocycles. The van der Waals surface area contributed by atoms with Gasteiger partial charge in [-0.1, -0.05) is 18.9 Å². The van der Waals surface area contributed by atoms with E-state index in [-0.39, 0.29) is 24.0 Å². The molecule has 10 heteroatoms. The van der Waals surface area contributed by atoms with Crippen molar-refractivity contribution in [3.63, 3.8) is 0 Å². The number of nitrogens with zero attached hydrogens (tertiary/aromatic N) is 4. The molecule has 2 atom stereocenters. The van der Waals surface area contributed by atoms with Gasteiger partial charge in [-0.2, -0.15) is 4.98 Å². The van der Waals surface area contributed by atoms with Gasteiger partial charge in [-0.15, -0.1) is 6.58 Å². The predicted molar refractivity (Wildman–Crippen MR) is 150 cm³/mol. The number of nitrogens with one attached hydrogen (secondary N) is 1. The minimum atomic E-state index is -0.688. The molecular weight excluding hydrogens is 496 g/mol. The van der Waals surface area contributed by atoms with Crippen molar-refractivity contribution in [3.8, 4) is 5.75 Å². The molecule has 1 unspecified atom stereocenters. The first-order valence-electron chi connectivity index (χ1n) is 14.0. The molecule has 1 aromatic heterocycles. The van der Waals surface area contributed by atoms with Crippen LogP contribution in [0.5, 0.6) is 5.75 Å². The van der Waals surface area contributed by atoms with Crippen LogP contribution >= 0.6 is 0 Å². The van der Waals surface area contributed by atoms with Gasteiger partial charge in [0.1, 0.15) is 29.6 Å². The number of benzene rings is 1. The zero-order valence-corrected chi connectivity index (χ0v) is 22.6. The second-order valence-corrected chi connectivity index (χ2v) is 10.6. The summed E-state index contributed by atoms with van der Waals surface area (Å²) in [6, 6.07) is 6.56. The van der Waals surface area contributed by atoms with Crippen LogP contribution < -0.4 is 25.6 Å². The average Bonchev–Trinajstić information content (AvgIpc) is 3.66. The van der Waals surface area contributed by atoms with Crippen molar-refractivity contribution in [1.82, 2.24) is 9.97 Å². The highest BCUT2D eigenvalue weighted by molar-refractivity contribution is 6.05. The number of fused-ring (bicyclic) bond motifs is 1. The molecule has 1 aromatic carbocycles. The van der Waals surface area contributed by atoms with Gasteiger partial charge in [-0.3, -0.25) is 9.59 Å². The minimum Gasteiger partial charge on any atom is -0.494 e. The maximum Gasteiger partial charge on any atom is 0.323 e. The first-order chi connectivity index (χ1) is 18.9. The van der Waals surface area contributed by atoms with E-state index < -0.39 is 12.1 Å². The molecule has 2 saturated carbocycles. The van der Waals surface area contributed by atoms with Crippen molar-refractivity contribution >= 4 is 35.0 Å². The number of likely N-dealkylation sites (N-methyl/N-ethyl adjacent to an activating group) is 1. The number of hydrogen-bond donors (Lipinski definition) is 2. The lowest BCUT2D eigenvalue weighted by Gasteiger charge is -2.42. The maximum absolute atomic E-state index is 13.0. The van der Waals surface area contributed by atoms with Crippen LogP contribution in [0.15, 0.2) is 43.1 Å². The molecule has 1 amide bonds. The summed E-state index contributed by atoms with van der Waals surface area (Å²) in [6.07, 6.45) is 12.2. The topological polar surface area (TPSA) is 123 Å². The molecule has 2 aromatic rings. The van der Waals surface area contributed by atoms with Crippen LogP contribution in [0, 0.1) is 0 Å². The summed E-state index contributed by atoms with van der Waals surface area (Å²) in [7, 11) is 1.75. The third-order valence-corrected chi connectivity index (χ3v) is 7.88. The van der Waals surface area contributed by atoms with E-state index in [1.165, 1.54) is 0 Å². The summed E-state index contributed by atoms with van der Waals surface area (Å²) in [5.41, 5.74) is 7.49. The molecule has 10 nitrogen and oxygen atoms in total. The predicted octanol–water partition coefficient (Wildman–Crippen LogP) is 4.08. The summed E-state index contributed by atoms with van der Waals surface area (Å²) >= 11 is 0. The zero-order chi connectivity index (χ0) is 27.4. The number of carbonyl (C=O) groups is 2. The smallest absolute Gasteiger partial charge is 0.323 e. The Balaban J connectivity index is 1.20. The van der Waals surface area contributed by atoms with Crippen molar-refractivity contribution < 1.29 is 19.1 Å². The summed E-state index contributed by atoms with van der Waals surface area (Å²) in [5.74, 6) is 1.49. The average molecular weight is 535 g/mol. The first kappa shape index (κ1) is 26.9. The van der Waals surface area contributed by atoms with Gasteiger partial charge >= 0.3 is 5.97 Å².